The number of aromatic nitrogens is 6. The number of rotatable bonds is 5. The van der Waals surface area contributed by atoms with Gasteiger partial charge in [0, 0.05) is 31.8 Å². The molecule has 0 aliphatic rings. The zero-order chi connectivity index (χ0) is 18.3. The molecule has 0 spiro atoms. The molecule has 0 amide bonds. The molecule has 0 saturated carbocycles. The first kappa shape index (κ1) is 17.0. The Morgan fingerprint density at radius 3 is 2.88 bits per heavy atom. The fraction of sp³-hybridized carbons (Fsp3) is 0.312. The van der Waals surface area contributed by atoms with Crippen LogP contribution in [0.1, 0.15) is 6.42 Å². The first-order valence-corrected chi connectivity index (χ1v) is 9.86. The molecule has 26 heavy (non-hydrogen) atoms. The number of nitrogens with zero attached hydrogens (tertiary/aromatic N) is 6. The summed E-state index contributed by atoms with van der Waals surface area (Å²) in [5.74, 6) is 0.751. The van der Waals surface area contributed by atoms with Crippen molar-refractivity contribution >= 4 is 44.5 Å². The van der Waals surface area contributed by atoms with E-state index in [0.29, 0.717) is 24.1 Å². The second-order valence-corrected chi connectivity index (χ2v) is 7.82. The van der Waals surface area contributed by atoms with Crippen LogP contribution in [0.3, 0.4) is 0 Å². The van der Waals surface area contributed by atoms with Gasteiger partial charge in [-0.25, -0.2) is 19.7 Å². The first-order valence-electron chi connectivity index (χ1n) is 8.00. The average Bonchev–Trinajstić information content (AvgIpc) is 3.26. The minimum Gasteiger partial charge on any atom is -0.328 e. The van der Waals surface area contributed by atoms with Gasteiger partial charge in [0.25, 0.3) is 5.56 Å². The Morgan fingerprint density at radius 1 is 1.19 bits per heavy atom. The SMILES string of the molecule is Cn1cnc2c1c(=O)n(CCCSc1ncnc3sccc13)c(=O)n2C. The van der Waals surface area contributed by atoms with Crippen LogP contribution in [0.2, 0.25) is 0 Å². The van der Waals surface area contributed by atoms with E-state index in [1.807, 2.05) is 11.4 Å². The molecular weight excluding hydrogens is 372 g/mol. The van der Waals surface area contributed by atoms with Gasteiger partial charge in [-0.3, -0.25) is 13.9 Å². The van der Waals surface area contributed by atoms with Crippen LogP contribution in [0.25, 0.3) is 21.4 Å². The molecule has 0 aliphatic heterocycles. The van der Waals surface area contributed by atoms with Crippen LogP contribution in [0, 0.1) is 0 Å². The Morgan fingerprint density at radius 2 is 2.04 bits per heavy atom. The molecule has 4 aromatic rings. The minimum absolute atomic E-state index is 0.296. The first-order chi connectivity index (χ1) is 12.6. The monoisotopic (exact) mass is 388 g/mol. The van der Waals surface area contributed by atoms with Crippen LogP contribution in [-0.4, -0.2) is 34.4 Å². The molecule has 4 rings (SSSR count). The maximum atomic E-state index is 12.7. The van der Waals surface area contributed by atoms with Crippen molar-refractivity contribution in [3.8, 4) is 0 Å². The van der Waals surface area contributed by atoms with Gasteiger partial charge in [-0.1, -0.05) is 0 Å². The molecule has 0 radical (unpaired) electrons. The van der Waals surface area contributed by atoms with E-state index < -0.39 is 0 Å². The second kappa shape index (κ2) is 6.69. The smallest absolute Gasteiger partial charge is 0.328 e. The fourth-order valence-corrected chi connectivity index (χ4v) is 4.57. The molecule has 8 nitrogen and oxygen atoms in total. The summed E-state index contributed by atoms with van der Waals surface area (Å²) in [5, 5.41) is 3.97. The summed E-state index contributed by atoms with van der Waals surface area (Å²) in [6.45, 7) is 0.359. The maximum absolute atomic E-state index is 12.7. The number of hydrogen-bond acceptors (Lipinski definition) is 7. The van der Waals surface area contributed by atoms with Crippen molar-refractivity contribution < 1.29 is 0 Å². The third-order valence-electron chi connectivity index (χ3n) is 4.19. The normalized spacial score (nSPS) is 11.6. The highest BCUT2D eigenvalue weighted by atomic mass is 32.2. The summed E-state index contributed by atoms with van der Waals surface area (Å²) in [5.41, 5.74) is 0.216. The van der Waals surface area contributed by atoms with E-state index in [-0.39, 0.29) is 11.2 Å². The zero-order valence-corrected chi connectivity index (χ0v) is 15.9. The summed E-state index contributed by atoms with van der Waals surface area (Å²) in [6.07, 6.45) is 3.80. The third kappa shape index (κ3) is 2.74. The van der Waals surface area contributed by atoms with E-state index in [2.05, 4.69) is 15.0 Å². The number of thiophene rings is 1. The average molecular weight is 388 g/mol. The largest absolute Gasteiger partial charge is 0.332 e. The zero-order valence-electron chi connectivity index (χ0n) is 14.2. The van der Waals surface area contributed by atoms with Crippen LogP contribution in [0.4, 0.5) is 0 Å². The highest BCUT2D eigenvalue weighted by Crippen LogP contribution is 2.27. The highest BCUT2D eigenvalue weighted by molar-refractivity contribution is 7.99. The molecule has 134 valence electrons. The Bertz CT molecular complexity index is 1220. The van der Waals surface area contributed by atoms with E-state index in [1.54, 1.807) is 54.4 Å². The van der Waals surface area contributed by atoms with Gasteiger partial charge in [-0.05, 0) is 17.9 Å². The molecule has 0 unspecified atom stereocenters. The van der Waals surface area contributed by atoms with Gasteiger partial charge < -0.3 is 4.57 Å². The van der Waals surface area contributed by atoms with Crippen molar-refractivity contribution in [2.24, 2.45) is 14.1 Å². The van der Waals surface area contributed by atoms with E-state index >= 15 is 0 Å². The summed E-state index contributed by atoms with van der Waals surface area (Å²) in [4.78, 5) is 38.8. The Kier molecular flexibility index (Phi) is 4.37. The summed E-state index contributed by atoms with van der Waals surface area (Å²) < 4.78 is 4.35. The number of imidazole rings is 1. The van der Waals surface area contributed by atoms with Gasteiger partial charge >= 0.3 is 5.69 Å². The van der Waals surface area contributed by atoms with Crippen molar-refractivity contribution in [2.75, 3.05) is 5.75 Å². The van der Waals surface area contributed by atoms with Gasteiger partial charge in [0.15, 0.2) is 11.2 Å². The molecule has 0 saturated heterocycles. The predicted molar refractivity (Wildman–Crippen MR) is 103 cm³/mol. The third-order valence-corrected chi connectivity index (χ3v) is 6.10. The Hall–Kier alpha value is -2.46. The summed E-state index contributed by atoms with van der Waals surface area (Å²) in [6, 6.07) is 2.01. The molecule has 0 aromatic carbocycles. The van der Waals surface area contributed by atoms with Crippen molar-refractivity contribution in [1.29, 1.82) is 0 Å². The number of fused-ring (bicyclic) bond motifs is 2. The number of hydrogen-bond donors (Lipinski definition) is 0. The topological polar surface area (TPSA) is 87.6 Å². The van der Waals surface area contributed by atoms with Crippen LogP contribution >= 0.6 is 23.1 Å². The highest BCUT2D eigenvalue weighted by Gasteiger charge is 2.14. The second-order valence-electron chi connectivity index (χ2n) is 5.85. The van der Waals surface area contributed by atoms with Gasteiger partial charge in [-0.2, -0.15) is 0 Å². The molecule has 0 N–H and O–H groups in total. The van der Waals surface area contributed by atoms with Crippen LogP contribution in [0.5, 0.6) is 0 Å². The van der Waals surface area contributed by atoms with Crippen molar-refractivity contribution in [1.82, 2.24) is 28.7 Å². The van der Waals surface area contributed by atoms with Gasteiger partial charge in [0.05, 0.1) is 6.33 Å². The molecule has 0 aliphatic carbocycles. The Balaban J connectivity index is 1.53. The molecule has 0 bridgehead atoms. The molecule has 4 aromatic heterocycles. The van der Waals surface area contributed by atoms with Crippen LogP contribution in [-0.2, 0) is 20.6 Å². The fourth-order valence-electron chi connectivity index (χ4n) is 2.87. The van der Waals surface area contributed by atoms with E-state index in [0.717, 1.165) is 21.0 Å². The summed E-state index contributed by atoms with van der Waals surface area (Å²) >= 11 is 3.20. The minimum atomic E-state index is -0.339. The van der Waals surface area contributed by atoms with Crippen LogP contribution in [0.15, 0.2) is 38.7 Å². The molecule has 0 atom stereocenters. The number of thioether (sulfide) groups is 1. The molecule has 10 heteroatoms. The van der Waals surface area contributed by atoms with Gasteiger partial charge in [0.2, 0.25) is 0 Å². The molecule has 4 heterocycles. The van der Waals surface area contributed by atoms with E-state index in [1.165, 1.54) is 9.13 Å². The predicted octanol–water partition coefficient (Wildman–Crippen LogP) is 1.62. The quantitative estimate of drug-likeness (QED) is 0.293. The number of aryl methyl sites for hydroxylation is 2. The lowest BCUT2D eigenvalue weighted by Gasteiger charge is -2.08. The standard InChI is InChI=1S/C16H16N6O2S2/c1-20-9-19-12-11(20)15(23)22(16(24)21(12)2)5-3-6-25-13-10-4-7-26-14(10)18-8-17-13/h4,7-9H,3,5-6H2,1-2H3. The Labute approximate surface area is 156 Å². The van der Waals surface area contributed by atoms with Gasteiger partial charge in [-0.15, -0.1) is 23.1 Å². The summed E-state index contributed by atoms with van der Waals surface area (Å²) in [7, 11) is 3.39. The lowest BCUT2D eigenvalue weighted by Crippen LogP contribution is -2.39. The van der Waals surface area contributed by atoms with Crippen LogP contribution < -0.4 is 11.2 Å². The van der Waals surface area contributed by atoms with Gasteiger partial charge in [0.1, 0.15) is 16.2 Å². The van der Waals surface area contributed by atoms with Crippen molar-refractivity contribution in [2.45, 2.75) is 18.0 Å². The maximum Gasteiger partial charge on any atom is 0.332 e. The van der Waals surface area contributed by atoms with E-state index in [4.69, 9.17) is 0 Å². The van der Waals surface area contributed by atoms with E-state index in [9.17, 15) is 9.59 Å². The molecular formula is C16H16N6O2S2. The lowest BCUT2D eigenvalue weighted by molar-refractivity contribution is 0.594. The van der Waals surface area contributed by atoms with Crippen molar-refractivity contribution in [3.63, 3.8) is 0 Å². The van der Waals surface area contributed by atoms with Crippen molar-refractivity contribution in [3.05, 3.63) is 44.9 Å². The lowest BCUT2D eigenvalue weighted by atomic mass is 10.4. The molecule has 0 fully saturated rings.